The monoisotopic (exact) mass is 343 g/mol. The van der Waals surface area contributed by atoms with Crippen LogP contribution in [0.25, 0.3) is 0 Å². The minimum Gasteiger partial charge on any atom is -0.379 e. The number of likely N-dealkylation sites (N-methyl/N-ethyl adjacent to an activating group) is 1. The molecule has 1 aromatic rings. The van der Waals surface area contributed by atoms with Crippen LogP contribution in [0.1, 0.15) is 18.1 Å². The van der Waals surface area contributed by atoms with Crippen LogP contribution in [0.2, 0.25) is 0 Å². The number of amides is 1. The lowest BCUT2D eigenvalue weighted by atomic mass is 9.84. The average Bonchev–Trinajstić information content (AvgIpc) is 2.59. The molecule has 0 aliphatic carbocycles. The standard InChI is InChI=1S/C15H19F2N3O4/c1-9-10(8-11(20(22)23)13(17)12(9)16)15(2,14(21)18-3)19-4-6-24-7-5-19/h8H,4-7H2,1-3H3,(H,18,21). The van der Waals surface area contributed by atoms with Crippen molar-refractivity contribution in [2.45, 2.75) is 19.4 Å². The van der Waals surface area contributed by atoms with Gasteiger partial charge in [0.1, 0.15) is 5.54 Å². The highest BCUT2D eigenvalue weighted by atomic mass is 19.2. The van der Waals surface area contributed by atoms with Crippen molar-refractivity contribution in [2.24, 2.45) is 0 Å². The van der Waals surface area contributed by atoms with E-state index in [0.717, 1.165) is 6.07 Å². The Kier molecular flexibility index (Phi) is 5.14. The molecule has 1 heterocycles. The van der Waals surface area contributed by atoms with E-state index in [4.69, 9.17) is 4.74 Å². The number of benzene rings is 1. The van der Waals surface area contributed by atoms with Crippen LogP contribution in [0.15, 0.2) is 6.07 Å². The smallest absolute Gasteiger partial charge is 0.308 e. The summed E-state index contributed by atoms with van der Waals surface area (Å²) in [5.41, 5.74) is -2.44. The minimum absolute atomic E-state index is 0.0642. The molecule has 1 aliphatic rings. The molecule has 1 fully saturated rings. The third-order valence-corrected chi connectivity index (χ3v) is 4.47. The first-order valence-electron chi connectivity index (χ1n) is 7.43. The van der Waals surface area contributed by atoms with E-state index in [9.17, 15) is 23.7 Å². The summed E-state index contributed by atoms with van der Waals surface area (Å²) in [7, 11) is 1.42. The number of halogens is 2. The molecule has 1 unspecified atom stereocenters. The summed E-state index contributed by atoms with van der Waals surface area (Å²) in [6.45, 7) is 4.36. The molecule has 0 saturated carbocycles. The van der Waals surface area contributed by atoms with E-state index < -0.39 is 33.7 Å². The predicted octanol–water partition coefficient (Wildman–Crippen LogP) is 1.47. The first-order chi connectivity index (χ1) is 11.2. The quantitative estimate of drug-likeness (QED) is 0.661. The van der Waals surface area contributed by atoms with Crippen molar-refractivity contribution in [1.82, 2.24) is 10.2 Å². The van der Waals surface area contributed by atoms with Gasteiger partial charge < -0.3 is 10.1 Å². The van der Waals surface area contributed by atoms with Gasteiger partial charge in [-0.15, -0.1) is 0 Å². The highest BCUT2D eigenvalue weighted by Crippen LogP contribution is 2.36. The fourth-order valence-electron chi connectivity index (χ4n) is 3.03. The summed E-state index contributed by atoms with van der Waals surface area (Å²) in [6.07, 6.45) is 0. The van der Waals surface area contributed by atoms with E-state index in [1.165, 1.54) is 14.0 Å². The van der Waals surface area contributed by atoms with Crippen LogP contribution >= 0.6 is 0 Å². The van der Waals surface area contributed by atoms with Crippen LogP contribution in [-0.4, -0.2) is 49.1 Å². The molecule has 132 valence electrons. The van der Waals surface area contributed by atoms with Gasteiger partial charge in [-0.3, -0.25) is 19.8 Å². The van der Waals surface area contributed by atoms with Gasteiger partial charge in [0.25, 0.3) is 0 Å². The maximum Gasteiger partial charge on any atom is 0.308 e. The van der Waals surface area contributed by atoms with Gasteiger partial charge in [0, 0.05) is 26.2 Å². The van der Waals surface area contributed by atoms with Gasteiger partial charge in [0.15, 0.2) is 5.82 Å². The van der Waals surface area contributed by atoms with Crippen LogP contribution in [-0.2, 0) is 15.1 Å². The normalized spacial score (nSPS) is 18.0. The SMILES string of the molecule is CNC(=O)C(C)(c1cc([N+](=O)[O-])c(F)c(F)c1C)N1CCOCC1. The highest BCUT2D eigenvalue weighted by Gasteiger charge is 2.44. The molecule has 1 aliphatic heterocycles. The van der Waals surface area contributed by atoms with Crippen molar-refractivity contribution in [3.8, 4) is 0 Å². The van der Waals surface area contributed by atoms with E-state index >= 15 is 0 Å². The number of ether oxygens (including phenoxy) is 1. The Hall–Kier alpha value is -2.13. The van der Waals surface area contributed by atoms with Crippen molar-refractivity contribution < 1.29 is 23.2 Å². The summed E-state index contributed by atoms with van der Waals surface area (Å²) in [6, 6.07) is 0.943. The van der Waals surface area contributed by atoms with E-state index in [0.29, 0.717) is 26.3 Å². The molecule has 0 radical (unpaired) electrons. The maximum atomic E-state index is 14.2. The van der Waals surface area contributed by atoms with E-state index in [-0.39, 0.29) is 11.1 Å². The largest absolute Gasteiger partial charge is 0.379 e. The summed E-state index contributed by atoms with van der Waals surface area (Å²) in [5, 5.41) is 13.5. The van der Waals surface area contributed by atoms with Crippen LogP contribution < -0.4 is 5.32 Å². The zero-order valence-corrected chi connectivity index (χ0v) is 13.7. The Morgan fingerprint density at radius 2 is 1.96 bits per heavy atom. The van der Waals surface area contributed by atoms with Gasteiger partial charge in [-0.2, -0.15) is 4.39 Å². The number of morpholine rings is 1. The Morgan fingerprint density at radius 3 is 2.46 bits per heavy atom. The summed E-state index contributed by atoms with van der Waals surface area (Å²) in [5.74, 6) is -3.31. The minimum atomic E-state index is -1.53. The first-order valence-corrected chi connectivity index (χ1v) is 7.43. The lowest BCUT2D eigenvalue weighted by Gasteiger charge is -2.42. The second kappa shape index (κ2) is 6.78. The van der Waals surface area contributed by atoms with Crippen LogP contribution in [0.5, 0.6) is 0 Å². The van der Waals surface area contributed by atoms with Gasteiger partial charge in [0.05, 0.1) is 18.1 Å². The number of rotatable bonds is 4. The molecule has 1 N–H and O–H groups in total. The second-order valence-corrected chi connectivity index (χ2v) is 5.70. The molecule has 24 heavy (non-hydrogen) atoms. The van der Waals surface area contributed by atoms with Crippen LogP contribution in [0.4, 0.5) is 14.5 Å². The molecule has 1 atom stereocenters. The lowest BCUT2D eigenvalue weighted by molar-refractivity contribution is -0.387. The van der Waals surface area contributed by atoms with Gasteiger partial charge in [-0.1, -0.05) is 0 Å². The number of carbonyl (C=O) groups excluding carboxylic acids is 1. The van der Waals surface area contributed by atoms with Crippen molar-refractivity contribution >= 4 is 11.6 Å². The van der Waals surface area contributed by atoms with Gasteiger partial charge in [-0.25, -0.2) is 4.39 Å². The molecule has 1 amide bonds. The number of nitrogens with zero attached hydrogens (tertiary/aromatic N) is 2. The van der Waals surface area contributed by atoms with Crippen molar-refractivity contribution in [3.05, 3.63) is 38.9 Å². The Bertz CT molecular complexity index is 677. The van der Waals surface area contributed by atoms with Gasteiger partial charge in [0.2, 0.25) is 11.7 Å². The number of nitrogens with one attached hydrogen (secondary N) is 1. The van der Waals surface area contributed by atoms with Crippen molar-refractivity contribution in [1.29, 1.82) is 0 Å². The third kappa shape index (κ3) is 2.84. The number of hydrogen-bond donors (Lipinski definition) is 1. The second-order valence-electron chi connectivity index (χ2n) is 5.70. The van der Waals surface area contributed by atoms with E-state index in [2.05, 4.69) is 5.32 Å². The summed E-state index contributed by atoms with van der Waals surface area (Å²) >= 11 is 0. The summed E-state index contributed by atoms with van der Waals surface area (Å²) < 4.78 is 33.3. The average molecular weight is 343 g/mol. The first kappa shape index (κ1) is 18.2. The number of nitro benzene ring substituents is 1. The molecule has 1 aromatic carbocycles. The van der Waals surface area contributed by atoms with Gasteiger partial charge >= 0.3 is 5.69 Å². The predicted molar refractivity (Wildman–Crippen MR) is 81.6 cm³/mol. The molecular weight excluding hydrogens is 324 g/mol. The van der Waals surface area contributed by atoms with E-state index in [1.807, 2.05) is 0 Å². The van der Waals surface area contributed by atoms with E-state index in [1.54, 1.807) is 11.8 Å². The van der Waals surface area contributed by atoms with Crippen molar-refractivity contribution in [3.63, 3.8) is 0 Å². The maximum absolute atomic E-state index is 14.2. The number of nitro groups is 1. The van der Waals surface area contributed by atoms with Crippen LogP contribution in [0.3, 0.4) is 0 Å². The molecule has 0 bridgehead atoms. The zero-order valence-electron chi connectivity index (χ0n) is 13.7. The van der Waals surface area contributed by atoms with Crippen molar-refractivity contribution in [2.75, 3.05) is 33.4 Å². The molecule has 9 heteroatoms. The number of carbonyl (C=O) groups is 1. The number of hydrogen-bond acceptors (Lipinski definition) is 5. The van der Waals surface area contributed by atoms with Gasteiger partial charge in [-0.05, 0) is 25.0 Å². The molecule has 7 nitrogen and oxygen atoms in total. The molecule has 2 rings (SSSR count). The molecule has 0 aromatic heterocycles. The third-order valence-electron chi connectivity index (χ3n) is 4.47. The highest BCUT2D eigenvalue weighted by molar-refractivity contribution is 5.87. The molecule has 0 spiro atoms. The van der Waals surface area contributed by atoms with Crippen LogP contribution in [0, 0.1) is 28.7 Å². The zero-order chi connectivity index (χ0) is 18.1. The Morgan fingerprint density at radius 1 is 1.38 bits per heavy atom. The molecular formula is C15H19F2N3O4. The topological polar surface area (TPSA) is 84.7 Å². The lowest BCUT2D eigenvalue weighted by Crippen LogP contribution is -2.57. The fourth-order valence-corrected chi connectivity index (χ4v) is 3.03. The fraction of sp³-hybridized carbons (Fsp3) is 0.533. The Labute approximate surface area is 137 Å². The molecule has 1 saturated heterocycles. The summed E-state index contributed by atoms with van der Waals surface area (Å²) in [4.78, 5) is 24.4. The Balaban J connectivity index is 2.70.